The van der Waals surface area contributed by atoms with Crippen LogP contribution >= 0.6 is 0 Å². The fourth-order valence-corrected chi connectivity index (χ4v) is 1.40. The van der Waals surface area contributed by atoms with Crippen molar-refractivity contribution < 1.29 is 9.18 Å². The third-order valence-corrected chi connectivity index (χ3v) is 2.26. The van der Waals surface area contributed by atoms with Crippen molar-refractivity contribution >= 4 is 5.78 Å². The molecular formula is C11H14FNO. The van der Waals surface area contributed by atoms with Gasteiger partial charge < -0.3 is 5.73 Å². The highest BCUT2D eigenvalue weighted by atomic mass is 19.1. The molecule has 1 aromatic rings. The van der Waals surface area contributed by atoms with Crippen LogP contribution in [0.1, 0.15) is 31.0 Å². The molecule has 1 rings (SSSR count). The molecule has 0 fully saturated rings. The van der Waals surface area contributed by atoms with Gasteiger partial charge in [0.15, 0.2) is 5.78 Å². The number of aryl methyl sites for hydroxylation is 1. The first kappa shape index (κ1) is 10.9. The summed E-state index contributed by atoms with van der Waals surface area (Å²) in [5.41, 5.74) is 7.19. The van der Waals surface area contributed by atoms with E-state index in [1.807, 2.05) is 6.92 Å². The standard InChI is InChI=1S/C11H14FNO/c1-3-8-4-5-9(12)6-10(8)11(13)7(2)14/h4-6,11H,3,13H2,1-2H3. The quantitative estimate of drug-likeness (QED) is 0.801. The van der Waals surface area contributed by atoms with Crippen LogP contribution in [0.15, 0.2) is 18.2 Å². The maximum absolute atomic E-state index is 12.9. The topological polar surface area (TPSA) is 43.1 Å². The zero-order valence-corrected chi connectivity index (χ0v) is 8.38. The van der Waals surface area contributed by atoms with Crippen LogP contribution in [0.4, 0.5) is 4.39 Å². The van der Waals surface area contributed by atoms with Gasteiger partial charge in [-0.2, -0.15) is 0 Å². The Kier molecular flexibility index (Phi) is 3.36. The van der Waals surface area contributed by atoms with Gasteiger partial charge in [0.25, 0.3) is 0 Å². The maximum atomic E-state index is 12.9. The number of hydrogen-bond donors (Lipinski definition) is 1. The van der Waals surface area contributed by atoms with Crippen LogP contribution in [0.2, 0.25) is 0 Å². The first-order valence-electron chi connectivity index (χ1n) is 4.60. The summed E-state index contributed by atoms with van der Waals surface area (Å²) in [6.07, 6.45) is 0.747. The number of Topliss-reactive ketones (excluding diaryl/α,β-unsaturated/α-hetero) is 1. The second-order valence-corrected chi connectivity index (χ2v) is 3.29. The predicted molar refractivity (Wildman–Crippen MR) is 53.4 cm³/mol. The number of nitrogens with two attached hydrogens (primary N) is 1. The third kappa shape index (κ3) is 2.17. The Balaban J connectivity index is 3.16. The molecular weight excluding hydrogens is 181 g/mol. The van der Waals surface area contributed by atoms with Gasteiger partial charge in [-0.05, 0) is 36.6 Å². The molecule has 0 aliphatic carbocycles. The van der Waals surface area contributed by atoms with Crippen LogP contribution < -0.4 is 5.73 Å². The van der Waals surface area contributed by atoms with Gasteiger partial charge in [0.1, 0.15) is 5.82 Å². The lowest BCUT2D eigenvalue weighted by atomic mass is 9.97. The predicted octanol–water partition coefficient (Wildman–Crippen LogP) is 1.98. The fourth-order valence-electron chi connectivity index (χ4n) is 1.40. The van der Waals surface area contributed by atoms with Gasteiger partial charge in [-0.1, -0.05) is 13.0 Å². The van der Waals surface area contributed by atoms with E-state index < -0.39 is 6.04 Å². The molecule has 2 nitrogen and oxygen atoms in total. The van der Waals surface area contributed by atoms with E-state index in [0.29, 0.717) is 5.56 Å². The molecule has 0 radical (unpaired) electrons. The number of hydrogen-bond acceptors (Lipinski definition) is 2. The van der Waals surface area contributed by atoms with Gasteiger partial charge in [0, 0.05) is 0 Å². The Morgan fingerprint density at radius 3 is 2.71 bits per heavy atom. The monoisotopic (exact) mass is 195 g/mol. The summed E-state index contributed by atoms with van der Waals surface area (Å²) in [4.78, 5) is 11.1. The lowest BCUT2D eigenvalue weighted by Crippen LogP contribution is -2.20. The normalized spacial score (nSPS) is 12.6. The van der Waals surface area contributed by atoms with Crippen LogP contribution in [0.5, 0.6) is 0 Å². The lowest BCUT2D eigenvalue weighted by molar-refractivity contribution is -0.118. The van der Waals surface area contributed by atoms with Crippen molar-refractivity contribution in [3.63, 3.8) is 0 Å². The summed E-state index contributed by atoms with van der Waals surface area (Å²) in [5.74, 6) is -0.501. The molecule has 0 saturated heterocycles. The number of carbonyl (C=O) groups excluding carboxylic acids is 1. The van der Waals surface area contributed by atoms with Crippen molar-refractivity contribution in [2.75, 3.05) is 0 Å². The fraction of sp³-hybridized carbons (Fsp3) is 0.364. The molecule has 0 spiro atoms. The van der Waals surface area contributed by atoms with Crippen LogP contribution in [-0.4, -0.2) is 5.78 Å². The Morgan fingerprint density at radius 2 is 2.21 bits per heavy atom. The van der Waals surface area contributed by atoms with Crippen molar-refractivity contribution in [3.8, 4) is 0 Å². The van der Waals surface area contributed by atoms with Gasteiger partial charge in [0.2, 0.25) is 0 Å². The van der Waals surface area contributed by atoms with Crippen molar-refractivity contribution in [3.05, 3.63) is 35.1 Å². The van der Waals surface area contributed by atoms with E-state index in [2.05, 4.69) is 0 Å². The second kappa shape index (κ2) is 4.33. The minimum Gasteiger partial charge on any atom is -0.318 e. The van der Waals surface area contributed by atoms with E-state index in [-0.39, 0.29) is 11.6 Å². The highest BCUT2D eigenvalue weighted by Crippen LogP contribution is 2.19. The summed E-state index contributed by atoms with van der Waals surface area (Å²) in [7, 11) is 0. The number of ketones is 1. The molecule has 14 heavy (non-hydrogen) atoms. The van der Waals surface area contributed by atoms with Crippen molar-refractivity contribution in [1.82, 2.24) is 0 Å². The number of rotatable bonds is 3. The molecule has 0 aliphatic heterocycles. The van der Waals surface area contributed by atoms with E-state index in [9.17, 15) is 9.18 Å². The number of halogens is 1. The Hall–Kier alpha value is -1.22. The highest BCUT2D eigenvalue weighted by Gasteiger charge is 2.14. The van der Waals surface area contributed by atoms with Crippen LogP contribution in [0.25, 0.3) is 0 Å². The Bertz CT molecular complexity index is 349. The summed E-state index contributed by atoms with van der Waals surface area (Å²) in [6.45, 7) is 3.36. The van der Waals surface area contributed by atoms with Crippen LogP contribution in [0.3, 0.4) is 0 Å². The first-order valence-corrected chi connectivity index (χ1v) is 4.60. The van der Waals surface area contributed by atoms with E-state index in [1.165, 1.54) is 19.1 Å². The molecule has 1 atom stereocenters. The van der Waals surface area contributed by atoms with Gasteiger partial charge in [-0.15, -0.1) is 0 Å². The third-order valence-electron chi connectivity index (χ3n) is 2.26. The lowest BCUT2D eigenvalue weighted by Gasteiger charge is -2.12. The molecule has 0 aliphatic rings. The molecule has 76 valence electrons. The van der Waals surface area contributed by atoms with E-state index in [4.69, 9.17) is 5.73 Å². The Labute approximate surface area is 82.9 Å². The maximum Gasteiger partial charge on any atom is 0.150 e. The second-order valence-electron chi connectivity index (χ2n) is 3.29. The van der Waals surface area contributed by atoms with E-state index >= 15 is 0 Å². The summed E-state index contributed by atoms with van der Waals surface area (Å²) in [5, 5.41) is 0. The SMILES string of the molecule is CCc1ccc(F)cc1C(N)C(C)=O. The van der Waals surface area contributed by atoms with Gasteiger partial charge in [-0.3, -0.25) is 4.79 Å². The smallest absolute Gasteiger partial charge is 0.150 e. The average Bonchev–Trinajstić information content (AvgIpc) is 2.16. The molecule has 1 unspecified atom stereocenters. The molecule has 0 amide bonds. The highest BCUT2D eigenvalue weighted by molar-refractivity contribution is 5.83. The largest absolute Gasteiger partial charge is 0.318 e. The minimum absolute atomic E-state index is 0.148. The number of carbonyl (C=O) groups is 1. The summed E-state index contributed by atoms with van der Waals surface area (Å²) < 4.78 is 12.9. The van der Waals surface area contributed by atoms with Gasteiger partial charge in [0.05, 0.1) is 6.04 Å². The van der Waals surface area contributed by atoms with E-state index in [0.717, 1.165) is 12.0 Å². The van der Waals surface area contributed by atoms with Crippen molar-refractivity contribution in [2.45, 2.75) is 26.3 Å². The zero-order chi connectivity index (χ0) is 10.7. The molecule has 0 aromatic heterocycles. The Morgan fingerprint density at radius 1 is 1.57 bits per heavy atom. The molecule has 3 heteroatoms. The van der Waals surface area contributed by atoms with Crippen LogP contribution in [0, 0.1) is 5.82 Å². The molecule has 2 N–H and O–H groups in total. The summed E-state index contributed by atoms with van der Waals surface area (Å²) in [6, 6.07) is 3.69. The van der Waals surface area contributed by atoms with Crippen molar-refractivity contribution in [1.29, 1.82) is 0 Å². The summed E-state index contributed by atoms with van der Waals surface area (Å²) >= 11 is 0. The molecule has 0 saturated carbocycles. The minimum atomic E-state index is -0.708. The van der Waals surface area contributed by atoms with Gasteiger partial charge >= 0.3 is 0 Å². The average molecular weight is 195 g/mol. The number of benzene rings is 1. The first-order chi connectivity index (χ1) is 6.56. The van der Waals surface area contributed by atoms with Gasteiger partial charge in [-0.25, -0.2) is 4.39 Å². The molecule has 0 bridgehead atoms. The van der Waals surface area contributed by atoms with Crippen molar-refractivity contribution in [2.24, 2.45) is 5.73 Å². The van der Waals surface area contributed by atoms with E-state index in [1.54, 1.807) is 6.07 Å². The van der Waals surface area contributed by atoms with Crippen LogP contribution in [-0.2, 0) is 11.2 Å². The molecule has 0 heterocycles. The zero-order valence-electron chi connectivity index (χ0n) is 8.38. The molecule has 1 aromatic carbocycles.